The molecular formula is C13H19N3O2. The topological polar surface area (TPSA) is 54.5 Å². The summed E-state index contributed by atoms with van der Waals surface area (Å²) in [7, 11) is 0. The van der Waals surface area contributed by atoms with Gasteiger partial charge in [0, 0.05) is 18.7 Å². The summed E-state index contributed by atoms with van der Waals surface area (Å²) in [6.07, 6.45) is 2.21. The standard InChI is InChI=1S/C13H19N3O2/c1-3-16(10-8-9-10)13(17)15-11-6-5-7-12(14-11)18-4-2/h5-7,10H,3-4,8-9H2,1-2H3,(H,14,15,17). The molecule has 0 bridgehead atoms. The quantitative estimate of drug-likeness (QED) is 0.872. The second-order valence-corrected chi connectivity index (χ2v) is 4.24. The third kappa shape index (κ3) is 3.12. The monoisotopic (exact) mass is 249 g/mol. The number of ether oxygens (including phenoxy) is 1. The first-order chi connectivity index (χ1) is 8.74. The van der Waals surface area contributed by atoms with Crippen molar-refractivity contribution < 1.29 is 9.53 Å². The van der Waals surface area contributed by atoms with Crippen LogP contribution in [0.15, 0.2) is 18.2 Å². The normalized spacial score (nSPS) is 14.1. The predicted octanol–water partition coefficient (Wildman–Crippen LogP) is 2.50. The van der Waals surface area contributed by atoms with Gasteiger partial charge in [0.2, 0.25) is 5.88 Å². The maximum atomic E-state index is 12.0. The summed E-state index contributed by atoms with van der Waals surface area (Å²) in [5.41, 5.74) is 0. The number of amides is 2. The van der Waals surface area contributed by atoms with E-state index in [9.17, 15) is 4.79 Å². The van der Waals surface area contributed by atoms with Crippen LogP contribution in [0, 0.1) is 0 Å². The molecule has 0 aliphatic heterocycles. The molecule has 0 unspecified atom stereocenters. The Bertz CT molecular complexity index is 418. The van der Waals surface area contributed by atoms with Crippen LogP contribution in [0.5, 0.6) is 5.88 Å². The number of rotatable bonds is 5. The van der Waals surface area contributed by atoms with Crippen LogP contribution in [0.1, 0.15) is 26.7 Å². The van der Waals surface area contributed by atoms with Gasteiger partial charge in [-0.2, -0.15) is 4.98 Å². The summed E-state index contributed by atoms with van der Waals surface area (Å²) in [5.74, 6) is 1.06. The number of urea groups is 1. The largest absolute Gasteiger partial charge is 0.478 e. The van der Waals surface area contributed by atoms with Crippen molar-refractivity contribution in [2.24, 2.45) is 0 Å². The molecule has 1 heterocycles. The lowest BCUT2D eigenvalue weighted by atomic mass is 10.4. The molecule has 2 amide bonds. The van der Waals surface area contributed by atoms with Gasteiger partial charge in [-0.15, -0.1) is 0 Å². The Morgan fingerprint density at radius 1 is 1.50 bits per heavy atom. The van der Waals surface area contributed by atoms with Crippen LogP contribution in [-0.2, 0) is 0 Å². The molecule has 0 radical (unpaired) electrons. The Hall–Kier alpha value is -1.78. The van der Waals surface area contributed by atoms with E-state index >= 15 is 0 Å². The van der Waals surface area contributed by atoms with E-state index in [-0.39, 0.29) is 6.03 Å². The van der Waals surface area contributed by atoms with Crippen molar-refractivity contribution >= 4 is 11.8 Å². The van der Waals surface area contributed by atoms with Crippen LogP contribution in [0.2, 0.25) is 0 Å². The van der Waals surface area contributed by atoms with Gasteiger partial charge in [-0.05, 0) is 32.8 Å². The molecule has 0 aromatic carbocycles. The summed E-state index contributed by atoms with van der Waals surface area (Å²) in [4.78, 5) is 18.1. The average molecular weight is 249 g/mol. The minimum absolute atomic E-state index is 0.0823. The smallest absolute Gasteiger partial charge is 0.323 e. The molecule has 2 rings (SSSR count). The van der Waals surface area contributed by atoms with Crippen LogP contribution < -0.4 is 10.1 Å². The zero-order chi connectivity index (χ0) is 13.0. The Kier molecular flexibility index (Phi) is 4.02. The summed E-state index contributed by atoms with van der Waals surface area (Å²) in [5, 5.41) is 2.81. The Balaban J connectivity index is 1.99. The molecule has 1 aliphatic rings. The summed E-state index contributed by atoms with van der Waals surface area (Å²) in [6, 6.07) is 5.69. The van der Waals surface area contributed by atoms with Gasteiger partial charge in [0.05, 0.1) is 6.61 Å². The Morgan fingerprint density at radius 3 is 2.89 bits per heavy atom. The van der Waals surface area contributed by atoms with Gasteiger partial charge in [-0.1, -0.05) is 6.07 Å². The molecular weight excluding hydrogens is 230 g/mol. The van der Waals surface area contributed by atoms with Crippen LogP contribution in [0.3, 0.4) is 0 Å². The van der Waals surface area contributed by atoms with Crippen LogP contribution in [0.25, 0.3) is 0 Å². The minimum Gasteiger partial charge on any atom is -0.478 e. The van der Waals surface area contributed by atoms with Gasteiger partial charge >= 0.3 is 6.03 Å². The average Bonchev–Trinajstić information content (AvgIpc) is 3.15. The fourth-order valence-electron chi connectivity index (χ4n) is 1.85. The van der Waals surface area contributed by atoms with E-state index in [0.29, 0.717) is 24.3 Å². The van der Waals surface area contributed by atoms with E-state index in [4.69, 9.17) is 4.74 Å². The molecule has 98 valence electrons. The van der Waals surface area contributed by atoms with E-state index in [1.54, 1.807) is 12.1 Å². The Morgan fingerprint density at radius 2 is 2.28 bits per heavy atom. The summed E-state index contributed by atoms with van der Waals surface area (Å²) < 4.78 is 5.30. The number of anilines is 1. The second-order valence-electron chi connectivity index (χ2n) is 4.24. The molecule has 5 heteroatoms. The van der Waals surface area contributed by atoms with E-state index in [1.807, 2.05) is 24.8 Å². The summed E-state index contributed by atoms with van der Waals surface area (Å²) >= 11 is 0. The zero-order valence-electron chi connectivity index (χ0n) is 10.8. The SMILES string of the molecule is CCOc1cccc(NC(=O)N(CC)C2CC2)n1. The third-order valence-electron chi connectivity index (χ3n) is 2.84. The number of nitrogens with one attached hydrogen (secondary N) is 1. The Labute approximate surface area is 107 Å². The van der Waals surface area contributed by atoms with Gasteiger partial charge < -0.3 is 9.64 Å². The van der Waals surface area contributed by atoms with Crippen molar-refractivity contribution in [1.29, 1.82) is 0 Å². The highest BCUT2D eigenvalue weighted by molar-refractivity contribution is 5.88. The predicted molar refractivity (Wildman–Crippen MR) is 69.8 cm³/mol. The summed E-state index contributed by atoms with van der Waals surface area (Å²) in [6.45, 7) is 5.18. The van der Waals surface area contributed by atoms with Crippen molar-refractivity contribution in [1.82, 2.24) is 9.88 Å². The van der Waals surface area contributed by atoms with E-state index in [2.05, 4.69) is 10.3 Å². The molecule has 1 aromatic rings. The van der Waals surface area contributed by atoms with E-state index < -0.39 is 0 Å². The number of hydrogen-bond donors (Lipinski definition) is 1. The highest BCUT2D eigenvalue weighted by Crippen LogP contribution is 2.27. The molecule has 0 atom stereocenters. The van der Waals surface area contributed by atoms with Gasteiger partial charge in [0.1, 0.15) is 5.82 Å². The maximum absolute atomic E-state index is 12.0. The molecule has 0 spiro atoms. The molecule has 5 nitrogen and oxygen atoms in total. The highest BCUT2D eigenvalue weighted by Gasteiger charge is 2.31. The lowest BCUT2D eigenvalue weighted by Crippen LogP contribution is -2.36. The first-order valence-corrected chi connectivity index (χ1v) is 6.42. The van der Waals surface area contributed by atoms with Crippen molar-refractivity contribution in [3.05, 3.63) is 18.2 Å². The van der Waals surface area contributed by atoms with Crippen LogP contribution in [-0.4, -0.2) is 35.1 Å². The molecule has 1 fully saturated rings. The van der Waals surface area contributed by atoms with E-state index in [1.165, 1.54) is 0 Å². The second kappa shape index (κ2) is 5.71. The minimum atomic E-state index is -0.0823. The number of pyridine rings is 1. The van der Waals surface area contributed by atoms with Crippen molar-refractivity contribution in [2.45, 2.75) is 32.7 Å². The molecule has 1 aromatic heterocycles. The van der Waals surface area contributed by atoms with Gasteiger partial charge in [-0.3, -0.25) is 5.32 Å². The number of nitrogens with zero attached hydrogens (tertiary/aromatic N) is 2. The highest BCUT2D eigenvalue weighted by atomic mass is 16.5. The van der Waals surface area contributed by atoms with Crippen LogP contribution >= 0.6 is 0 Å². The number of carbonyl (C=O) groups is 1. The van der Waals surface area contributed by atoms with Gasteiger partial charge in [-0.25, -0.2) is 4.79 Å². The fourth-order valence-corrected chi connectivity index (χ4v) is 1.85. The first-order valence-electron chi connectivity index (χ1n) is 6.42. The lowest BCUT2D eigenvalue weighted by molar-refractivity contribution is 0.212. The maximum Gasteiger partial charge on any atom is 0.323 e. The molecule has 0 saturated heterocycles. The van der Waals surface area contributed by atoms with Gasteiger partial charge in [0.25, 0.3) is 0 Å². The lowest BCUT2D eigenvalue weighted by Gasteiger charge is -2.20. The number of carbonyl (C=O) groups excluding carboxylic acids is 1. The van der Waals surface area contributed by atoms with E-state index in [0.717, 1.165) is 19.4 Å². The molecule has 1 saturated carbocycles. The number of hydrogen-bond acceptors (Lipinski definition) is 3. The van der Waals surface area contributed by atoms with Crippen molar-refractivity contribution in [3.8, 4) is 5.88 Å². The number of aromatic nitrogens is 1. The van der Waals surface area contributed by atoms with Crippen LogP contribution in [0.4, 0.5) is 10.6 Å². The third-order valence-corrected chi connectivity index (χ3v) is 2.84. The van der Waals surface area contributed by atoms with Gasteiger partial charge in [0.15, 0.2) is 0 Å². The van der Waals surface area contributed by atoms with Crippen molar-refractivity contribution in [2.75, 3.05) is 18.5 Å². The molecule has 1 aliphatic carbocycles. The first kappa shape index (κ1) is 12.7. The molecule has 18 heavy (non-hydrogen) atoms. The zero-order valence-corrected chi connectivity index (χ0v) is 10.8. The fraction of sp³-hybridized carbons (Fsp3) is 0.538. The van der Waals surface area contributed by atoms with Crippen molar-refractivity contribution in [3.63, 3.8) is 0 Å². The molecule has 1 N–H and O–H groups in total.